The zero-order chi connectivity index (χ0) is 15.3. The van der Waals surface area contributed by atoms with E-state index in [4.69, 9.17) is 4.42 Å². The maximum atomic E-state index is 11.3. The number of pyridine rings is 1. The van der Waals surface area contributed by atoms with E-state index < -0.39 is 5.76 Å². The van der Waals surface area contributed by atoms with Crippen LogP contribution in [-0.4, -0.2) is 14.4 Å². The molecule has 22 heavy (non-hydrogen) atoms. The van der Waals surface area contributed by atoms with Gasteiger partial charge < -0.3 is 4.42 Å². The summed E-state index contributed by atoms with van der Waals surface area (Å²) in [6.07, 6.45) is 0. The van der Waals surface area contributed by atoms with Crippen LogP contribution in [0.25, 0.3) is 28.0 Å². The normalized spacial score (nSPS) is 11.3. The van der Waals surface area contributed by atoms with Gasteiger partial charge in [0.25, 0.3) is 0 Å². The molecule has 0 aliphatic rings. The lowest BCUT2D eigenvalue weighted by Crippen LogP contribution is -1.92. The number of imidazole rings is 1. The minimum Gasteiger partial charge on any atom is -0.408 e. The molecule has 0 spiro atoms. The van der Waals surface area contributed by atoms with Gasteiger partial charge in [-0.05, 0) is 36.4 Å². The number of rotatable bonds is 2. The molecule has 4 aromatic rings. The van der Waals surface area contributed by atoms with E-state index in [1.807, 2.05) is 19.1 Å². The van der Waals surface area contributed by atoms with E-state index in [0.29, 0.717) is 28.0 Å². The summed E-state index contributed by atoms with van der Waals surface area (Å²) in [5.41, 5.74) is 3.62. The standard InChI is InChI=1S/C15H10N4O3/c1-8-3-2-4-12-17-13(14(18-21)19(8)12)9-5-6-10-11(7-9)22-15(20)16-10/h2-7H,1H3,(H,16,20). The Morgan fingerprint density at radius 1 is 1.27 bits per heavy atom. The molecule has 0 radical (unpaired) electrons. The predicted molar refractivity (Wildman–Crippen MR) is 81.2 cm³/mol. The Kier molecular flexibility index (Phi) is 2.50. The molecule has 7 nitrogen and oxygen atoms in total. The van der Waals surface area contributed by atoms with Crippen LogP contribution in [0.15, 0.2) is 50.8 Å². The molecule has 0 saturated heterocycles. The van der Waals surface area contributed by atoms with Crippen LogP contribution in [0.1, 0.15) is 5.69 Å². The SMILES string of the molecule is Cc1cccc2nc(-c3ccc4[nH]c(=O)oc4c3)c(N=O)n12. The van der Waals surface area contributed by atoms with Crippen LogP contribution >= 0.6 is 0 Å². The lowest BCUT2D eigenvalue weighted by Gasteiger charge is -2.00. The molecule has 0 saturated carbocycles. The fourth-order valence-electron chi connectivity index (χ4n) is 2.61. The summed E-state index contributed by atoms with van der Waals surface area (Å²) in [6, 6.07) is 10.7. The number of nitroso groups, excluding NO2 is 1. The van der Waals surface area contributed by atoms with Gasteiger partial charge in [0, 0.05) is 11.3 Å². The Morgan fingerprint density at radius 2 is 2.14 bits per heavy atom. The molecule has 7 heteroatoms. The summed E-state index contributed by atoms with van der Waals surface area (Å²) < 4.78 is 6.74. The molecule has 0 fully saturated rings. The molecule has 0 amide bonds. The maximum Gasteiger partial charge on any atom is 0.417 e. The molecule has 4 rings (SSSR count). The van der Waals surface area contributed by atoms with Crippen LogP contribution in [0.3, 0.4) is 0 Å². The summed E-state index contributed by atoms with van der Waals surface area (Å²) in [6.45, 7) is 1.88. The number of nitrogens with zero attached hydrogens (tertiary/aromatic N) is 3. The number of fused-ring (bicyclic) bond motifs is 2. The van der Waals surface area contributed by atoms with Gasteiger partial charge in [0.1, 0.15) is 11.3 Å². The maximum absolute atomic E-state index is 11.3. The third-order valence-corrected chi connectivity index (χ3v) is 3.60. The van der Waals surface area contributed by atoms with E-state index in [1.165, 1.54) is 0 Å². The number of aromatic nitrogens is 3. The Hall–Kier alpha value is -3.22. The summed E-state index contributed by atoms with van der Waals surface area (Å²) in [7, 11) is 0. The molecule has 0 bridgehead atoms. The lowest BCUT2D eigenvalue weighted by atomic mass is 10.1. The van der Waals surface area contributed by atoms with Crippen molar-refractivity contribution in [1.29, 1.82) is 0 Å². The number of hydrogen-bond donors (Lipinski definition) is 1. The molecular weight excluding hydrogens is 284 g/mol. The minimum atomic E-state index is -0.522. The fraction of sp³-hybridized carbons (Fsp3) is 0.0667. The first-order valence-electron chi connectivity index (χ1n) is 6.62. The fourth-order valence-corrected chi connectivity index (χ4v) is 2.61. The van der Waals surface area contributed by atoms with E-state index in [2.05, 4.69) is 15.1 Å². The predicted octanol–water partition coefficient (Wildman–Crippen LogP) is 3.14. The van der Waals surface area contributed by atoms with E-state index in [9.17, 15) is 9.70 Å². The van der Waals surface area contributed by atoms with Crippen molar-refractivity contribution >= 4 is 22.6 Å². The lowest BCUT2D eigenvalue weighted by molar-refractivity contribution is 0.555. The molecule has 3 aromatic heterocycles. The third-order valence-electron chi connectivity index (χ3n) is 3.60. The average molecular weight is 294 g/mol. The molecule has 0 aliphatic heterocycles. The zero-order valence-corrected chi connectivity index (χ0v) is 11.5. The van der Waals surface area contributed by atoms with Gasteiger partial charge in [-0.15, -0.1) is 4.91 Å². The smallest absolute Gasteiger partial charge is 0.408 e. The monoisotopic (exact) mass is 294 g/mol. The van der Waals surface area contributed by atoms with E-state index in [-0.39, 0.29) is 5.82 Å². The van der Waals surface area contributed by atoms with Gasteiger partial charge in [-0.1, -0.05) is 12.1 Å². The van der Waals surface area contributed by atoms with E-state index in [0.717, 1.165) is 5.69 Å². The first-order valence-corrected chi connectivity index (χ1v) is 6.62. The van der Waals surface area contributed by atoms with Crippen molar-refractivity contribution in [3.05, 3.63) is 57.5 Å². The highest BCUT2D eigenvalue weighted by atomic mass is 16.4. The van der Waals surface area contributed by atoms with Crippen molar-refractivity contribution in [2.24, 2.45) is 5.18 Å². The highest BCUT2D eigenvalue weighted by Crippen LogP contribution is 2.32. The molecule has 0 atom stereocenters. The van der Waals surface area contributed by atoms with Gasteiger partial charge in [0.05, 0.1) is 5.52 Å². The minimum absolute atomic E-state index is 0.227. The molecule has 3 heterocycles. The van der Waals surface area contributed by atoms with Crippen LogP contribution in [-0.2, 0) is 0 Å². The number of nitrogens with one attached hydrogen (secondary N) is 1. The average Bonchev–Trinajstić information content (AvgIpc) is 3.06. The Morgan fingerprint density at radius 3 is 2.95 bits per heavy atom. The Balaban J connectivity index is 2.04. The van der Waals surface area contributed by atoms with Crippen LogP contribution in [0.4, 0.5) is 5.82 Å². The topological polar surface area (TPSA) is 92.7 Å². The third kappa shape index (κ3) is 1.69. The van der Waals surface area contributed by atoms with Crippen LogP contribution < -0.4 is 5.76 Å². The highest BCUT2D eigenvalue weighted by molar-refractivity contribution is 5.83. The van der Waals surface area contributed by atoms with Crippen molar-refractivity contribution < 1.29 is 4.42 Å². The first kappa shape index (κ1) is 12.5. The number of hydrogen-bond acceptors (Lipinski definition) is 5. The van der Waals surface area contributed by atoms with Crippen molar-refractivity contribution in [1.82, 2.24) is 14.4 Å². The summed E-state index contributed by atoms with van der Waals surface area (Å²) in [4.78, 5) is 29.6. The van der Waals surface area contributed by atoms with Crippen LogP contribution in [0, 0.1) is 11.8 Å². The molecule has 1 aromatic carbocycles. The molecule has 0 unspecified atom stereocenters. The van der Waals surface area contributed by atoms with Gasteiger partial charge in [0.15, 0.2) is 5.58 Å². The quantitative estimate of drug-likeness (QED) is 0.575. The second-order valence-corrected chi connectivity index (χ2v) is 4.96. The Labute approximate surface area is 123 Å². The molecule has 0 aliphatic carbocycles. The van der Waals surface area contributed by atoms with Gasteiger partial charge in [-0.2, -0.15) is 0 Å². The molecule has 108 valence electrons. The summed E-state index contributed by atoms with van der Waals surface area (Å²) in [5.74, 6) is -0.294. The number of aryl methyl sites for hydroxylation is 1. The molecule has 1 N–H and O–H groups in total. The van der Waals surface area contributed by atoms with Crippen LogP contribution in [0.5, 0.6) is 0 Å². The van der Waals surface area contributed by atoms with Crippen molar-refractivity contribution in [2.45, 2.75) is 6.92 Å². The first-order chi connectivity index (χ1) is 10.7. The van der Waals surface area contributed by atoms with Crippen molar-refractivity contribution in [3.63, 3.8) is 0 Å². The van der Waals surface area contributed by atoms with Crippen molar-refractivity contribution in [3.8, 4) is 11.3 Å². The second-order valence-electron chi connectivity index (χ2n) is 4.96. The number of benzene rings is 1. The highest BCUT2D eigenvalue weighted by Gasteiger charge is 2.17. The van der Waals surface area contributed by atoms with Gasteiger partial charge in [-0.3, -0.25) is 9.38 Å². The van der Waals surface area contributed by atoms with Crippen molar-refractivity contribution in [2.75, 3.05) is 0 Å². The van der Waals surface area contributed by atoms with Gasteiger partial charge in [-0.25, -0.2) is 9.78 Å². The second kappa shape index (κ2) is 4.39. The van der Waals surface area contributed by atoms with Gasteiger partial charge in [0.2, 0.25) is 5.82 Å². The number of H-pyrrole nitrogens is 1. The largest absolute Gasteiger partial charge is 0.417 e. The number of aromatic amines is 1. The van der Waals surface area contributed by atoms with E-state index in [1.54, 1.807) is 28.7 Å². The molecular formula is C15H10N4O3. The zero-order valence-electron chi connectivity index (χ0n) is 11.5. The summed E-state index contributed by atoms with van der Waals surface area (Å²) >= 11 is 0. The summed E-state index contributed by atoms with van der Waals surface area (Å²) in [5, 5.41) is 3.13. The number of oxazole rings is 1. The van der Waals surface area contributed by atoms with Gasteiger partial charge >= 0.3 is 5.76 Å². The Bertz CT molecular complexity index is 1090. The van der Waals surface area contributed by atoms with Crippen LogP contribution in [0.2, 0.25) is 0 Å². The van der Waals surface area contributed by atoms with E-state index >= 15 is 0 Å².